The van der Waals surface area contributed by atoms with Crippen LogP contribution in [0.25, 0.3) is 0 Å². The van der Waals surface area contributed by atoms with E-state index < -0.39 is 0 Å². The molecule has 100 valence electrons. The predicted octanol–water partition coefficient (Wildman–Crippen LogP) is -0.444. The summed E-state index contributed by atoms with van der Waals surface area (Å²) in [5.41, 5.74) is 5.52. The summed E-state index contributed by atoms with van der Waals surface area (Å²) in [7, 11) is 0. The van der Waals surface area contributed by atoms with Crippen molar-refractivity contribution in [3.8, 4) is 12.1 Å². The van der Waals surface area contributed by atoms with E-state index in [0.717, 1.165) is 0 Å². The maximum atomic E-state index is 11.9. The quantitative estimate of drug-likeness (QED) is 0.525. The van der Waals surface area contributed by atoms with Gasteiger partial charge in [-0.1, -0.05) is 0 Å². The molecule has 0 spiro atoms. The van der Waals surface area contributed by atoms with E-state index in [1.165, 1.54) is 6.08 Å². The second-order valence-corrected chi connectivity index (χ2v) is 3.90. The Morgan fingerprint density at radius 2 is 2.00 bits per heavy atom. The number of ether oxygens (including phenoxy) is 1. The lowest BCUT2D eigenvalue weighted by Crippen LogP contribution is -2.40. The molecular weight excluding hydrogens is 246 g/mol. The average Bonchev–Trinajstić information content (AvgIpc) is 2.44. The Balaban J connectivity index is 2.69. The van der Waals surface area contributed by atoms with Crippen LogP contribution in [0.4, 0.5) is 0 Å². The summed E-state index contributed by atoms with van der Waals surface area (Å²) in [6.45, 7) is 3.77. The number of carbonyl (C=O) groups excluding carboxylic acids is 1. The number of hydrogen-bond donors (Lipinski definition) is 2. The van der Waals surface area contributed by atoms with E-state index in [9.17, 15) is 4.79 Å². The van der Waals surface area contributed by atoms with E-state index in [-0.39, 0.29) is 17.3 Å². The molecule has 19 heavy (non-hydrogen) atoms. The highest BCUT2D eigenvalue weighted by Crippen LogP contribution is 2.02. The number of hydrogen-bond acceptors (Lipinski definition) is 6. The van der Waals surface area contributed by atoms with Crippen LogP contribution in [0.15, 0.2) is 23.2 Å². The molecule has 1 amide bonds. The van der Waals surface area contributed by atoms with Gasteiger partial charge in [0.25, 0.3) is 0 Å². The van der Waals surface area contributed by atoms with Gasteiger partial charge in [0.15, 0.2) is 5.70 Å². The fourth-order valence-corrected chi connectivity index (χ4v) is 1.50. The Kier molecular flexibility index (Phi) is 5.39. The van der Waals surface area contributed by atoms with Gasteiger partial charge < -0.3 is 20.7 Å². The molecule has 0 aliphatic carbocycles. The second-order valence-electron chi connectivity index (χ2n) is 3.90. The zero-order valence-corrected chi connectivity index (χ0v) is 10.6. The Hall–Kier alpha value is -2.51. The van der Waals surface area contributed by atoms with Gasteiger partial charge in [-0.25, -0.2) is 0 Å². The molecule has 1 aliphatic rings. The zero-order valence-electron chi connectivity index (χ0n) is 10.6. The Bertz CT molecular complexity index is 489. The number of carbonyl (C=O) groups is 1. The van der Waals surface area contributed by atoms with E-state index in [4.69, 9.17) is 21.0 Å². The molecule has 0 unspecified atom stereocenters. The highest BCUT2D eigenvalue weighted by atomic mass is 16.5. The third-order valence-corrected chi connectivity index (χ3v) is 2.49. The SMILES string of the molecule is C/C(=C\C(=O)N1CCOCC1)N/C(C#N)=C(\N)C#N. The molecule has 1 fully saturated rings. The van der Waals surface area contributed by atoms with Gasteiger partial charge in [0.05, 0.1) is 13.2 Å². The fraction of sp³-hybridized carbons (Fsp3) is 0.417. The van der Waals surface area contributed by atoms with Crippen LogP contribution in [-0.4, -0.2) is 37.1 Å². The first-order valence-electron chi connectivity index (χ1n) is 5.70. The molecule has 0 aromatic carbocycles. The van der Waals surface area contributed by atoms with Crippen molar-refractivity contribution >= 4 is 5.91 Å². The molecule has 3 N–H and O–H groups in total. The van der Waals surface area contributed by atoms with Crippen molar-refractivity contribution in [2.24, 2.45) is 5.73 Å². The number of allylic oxidation sites excluding steroid dienone is 3. The highest BCUT2D eigenvalue weighted by molar-refractivity contribution is 5.88. The minimum atomic E-state index is -0.214. The molecule has 0 bridgehead atoms. The van der Waals surface area contributed by atoms with Crippen molar-refractivity contribution in [1.29, 1.82) is 10.5 Å². The van der Waals surface area contributed by atoms with Gasteiger partial charge in [-0.15, -0.1) is 0 Å². The van der Waals surface area contributed by atoms with Crippen LogP contribution in [0, 0.1) is 22.7 Å². The summed E-state index contributed by atoms with van der Waals surface area (Å²) < 4.78 is 5.15. The van der Waals surface area contributed by atoms with Gasteiger partial charge in [-0.3, -0.25) is 4.79 Å². The zero-order chi connectivity index (χ0) is 14.3. The minimum Gasteiger partial charge on any atom is -0.388 e. The van der Waals surface area contributed by atoms with Crippen molar-refractivity contribution in [1.82, 2.24) is 10.2 Å². The number of nitriles is 2. The van der Waals surface area contributed by atoms with Crippen molar-refractivity contribution in [3.63, 3.8) is 0 Å². The lowest BCUT2D eigenvalue weighted by atomic mass is 10.3. The summed E-state index contributed by atoms with van der Waals surface area (Å²) in [6.07, 6.45) is 1.37. The van der Waals surface area contributed by atoms with Gasteiger partial charge in [0.1, 0.15) is 17.8 Å². The third kappa shape index (κ3) is 4.34. The fourth-order valence-electron chi connectivity index (χ4n) is 1.50. The van der Waals surface area contributed by atoms with Crippen LogP contribution in [0.5, 0.6) is 0 Å². The van der Waals surface area contributed by atoms with Gasteiger partial charge in [-0.2, -0.15) is 10.5 Å². The number of nitrogens with two attached hydrogens (primary N) is 1. The molecule has 0 aromatic rings. The molecule has 0 saturated carbocycles. The number of rotatable bonds is 3. The second kappa shape index (κ2) is 7.04. The van der Waals surface area contributed by atoms with Crippen molar-refractivity contribution < 1.29 is 9.53 Å². The first-order chi connectivity index (χ1) is 9.08. The molecule has 1 heterocycles. The first kappa shape index (κ1) is 14.6. The van der Waals surface area contributed by atoms with Crippen LogP contribution in [-0.2, 0) is 9.53 Å². The lowest BCUT2D eigenvalue weighted by Gasteiger charge is -2.25. The van der Waals surface area contributed by atoms with E-state index >= 15 is 0 Å². The van der Waals surface area contributed by atoms with Crippen molar-refractivity contribution in [2.75, 3.05) is 26.3 Å². The third-order valence-electron chi connectivity index (χ3n) is 2.49. The topological polar surface area (TPSA) is 115 Å². The molecule has 0 radical (unpaired) electrons. The van der Waals surface area contributed by atoms with Crippen LogP contribution < -0.4 is 11.1 Å². The summed E-state index contributed by atoms with van der Waals surface area (Å²) in [4.78, 5) is 13.5. The normalized spacial score (nSPS) is 17.0. The van der Waals surface area contributed by atoms with Crippen LogP contribution in [0.2, 0.25) is 0 Å². The standard InChI is InChI=1S/C12H15N5O2/c1-9(16-11(8-14)10(15)7-13)6-12(18)17-2-4-19-5-3-17/h6,16H,2-5,15H2,1H3/b9-6+,11-10-. The lowest BCUT2D eigenvalue weighted by molar-refractivity contribution is -0.130. The molecular formula is C12H15N5O2. The maximum Gasteiger partial charge on any atom is 0.248 e. The van der Waals surface area contributed by atoms with E-state index in [0.29, 0.717) is 32.0 Å². The van der Waals surface area contributed by atoms with Crippen molar-refractivity contribution in [3.05, 3.63) is 23.2 Å². The molecule has 1 aliphatic heterocycles. The maximum absolute atomic E-state index is 11.9. The van der Waals surface area contributed by atoms with Crippen LogP contribution in [0.3, 0.4) is 0 Å². The number of morpholine rings is 1. The van der Waals surface area contributed by atoms with Crippen LogP contribution in [0.1, 0.15) is 6.92 Å². The number of nitrogens with one attached hydrogen (secondary N) is 1. The van der Waals surface area contributed by atoms with Crippen LogP contribution >= 0.6 is 0 Å². The first-order valence-corrected chi connectivity index (χ1v) is 5.70. The molecule has 0 aromatic heterocycles. The summed E-state index contributed by atoms with van der Waals surface area (Å²) in [5.74, 6) is -0.166. The van der Waals surface area contributed by atoms with E-state index in [1.54, 1.807) is 24.0 Å². The summed E-state index contributed by atoms with van der Waals surface area (Å²) >= 11 is 0. The monoisotopic (exact) mass is 261 g/mol. The van der Waals surface area contributed by atoms with Gasteiger partial charge in [-0.05, 0) is 6.92 Å². The molecule has 1 saturated heterocycles. The summed E-state index contributed by atoms with van der Waals surface area (Å²) in [5, 5.41) is 20.1. The molecule has 1 rings (SSSR count). The number of nitrogens with zero attached hydrogens (tertiary/aromatic N) is 3. The summed E-state index contributed by atoms with van der Waals surface area (Å²) in [6, 6.07) is 3.44. The van der Waals surface area contributed by atoms with Crippen molar-refractivity contribution in [2.45, 2.75) is 6.92 Å². The Morgan fingerprint density at radius 3 is 2.53 bits per heavy atom. The molecule has 7 nitrogen and oxygen atoms in total. The predicted molar refractivity (Wildman–Crippen MR) is 66.7 cm³/mol. The smallest absolute Gasteiger partial charge is 0.248 e. The molecule has 7 heteroatoms. The minimum absolute atomic E-state index is 0.0639. The molecule has 0 atom stereocenters. The van der Waals surface area contributed by atoms with Gasteiger partial charge in [0.2, 0.25) is 5.91 Å². The average molecular weight is 261 g/mol. The van der Waals surface area contributed by atoms with E-state index in [1.807, 2.05) is 0 Å². The highest BCUT2D eigenvalue weighted by Gasteiger charge is 2.15. The largest absolute Gasteiger partial charge is 0.388 e. The van der Waals surface area contributed by atoms with Gasteiger partial charge >= 0.3 is 0 Å². The van der Waals surface area contributed by atoms with Gasteiger partial charge in [0, 0.05) is 24.9 Å². The Labute approximate surface area is 111 Å². The Morgan fingerprint density at radius 1 is 1.37 bits per heavy atom. The number of amides is 1. The van der Waals surface area contributed by atoms with E-state index in [2.05, 4.69) is 5.32 Å².